The van der Waals surface area contributed by atoms with Crippen LogP contribution in [0, 0.1) is 13.8 Å². The summed E-state index contributed by atoms with van der Waals surface area (Å²) in [4.78, 5) is 22.3. The van der Waals surface area contributed by atoms with Crippen molar-refractivity contribution in [1.29, 1.82) is 0 Å². The molecule has 8 nitrogen and oxygen atoms in total. The third kappa shape index (κ3) is 4.47. The van der Waals surface area contributed by atoms with Crippen LogP contribution in [-0.4, -0.2) is 56.4 Å². The van der Waals surface area contributed by atoms with Crippen LogP contribution in [-0.2, 0) is 4.74 Å². The van der Waals surface area contributed by atoms with Gasteiger partial charge in [-0.2, -0.15) is 5.10 Å². The summed E-state index contributed by atoms with van der Waals surface area (Å²) in [6, 6.07) is 11.0. The normalized spacial score (nSPS) is 15.0. The second kappa shape index (κ2) is 9.29. The molecule has 1 N–H and O–H groups in total. The maximum atomic E-state index is 12.5. The number of nitrogens with zero attached hydrogens (tertiary/aromatic N) is 4. The molecule has 0 spiro atoms. The lowest BCUT2D eigenvalue weighted by atomic mass is 9.88. The van der Waals surface area contributed by atoms with Crippen molar-refractivity contribution in [2.75, 3.05) is 20.2 Å². The van der Waals surface area contributed by atoms with E-state index in [2.05, 4.69) is 53.2 Å². The third-order valence-electron chi connectivity index (χ3n) is 7.97. The zero-order valence-electron chi connectivity index (χ0n) is 23.5. The van der Waals surface area contributed by atoms with Gasteiger partial charge in [-0.15, -0.1) is 0 Å². The Balaban J connectivity index is 1.33. The molecule has 2 aromatic carbocycles. The number of fused-ring (bicyclic) bond motifs is 4. The average Bonchev–Trinajstić information content (AvgIpc) is 3.53. The molecule has 39 heavy (non-hydrogen) atoms. The number of nitrogens with one attached hydrogen (secondary N) is 1. The van der Waals surface area contributed by atoms with Crippen LogP contribution in [0.3, 0.4) is 0 Å². The van der Waals surface area contributed by atoms with Crippen molar-refractivity contribution in [3.8, 4) is 16.9 Å². The first-order valence-corrected chi connectivity index (χ1v) is 13.5. The lowest BCUT2D eigenvalue weighted by molar-refractivity contribution is 0.0205. The van der Waals surface area contributed by atoms with E-state index in [1.807, 2.05) is 37.9 Å². The molecule has 202 valence electrons. The van der Waals surface area contributed by atoms with Gasteiger partial charge in [-0.05, 0) is 99.9 Å². The number of pyridine rings is 1. The Morgan fingerprint density at radius 2 is 1.82 bits per heavy atom. The molecule has 1 amide bonds. The van der Waals surface area contributed by atoms with Crippen molar-refractivity contribution in [2.45, 2.75) is 59.0 Å². The minimum atomic E-state index is -0.473. The van der Waals surface area contributed by atoms with Crippen molar-refractivity contribution in [1.82, 2.24) is 24.5 Å². The summed E-state index contributed by atoms with van der Waals surface area (Å²) in [6.45, 7) is 11.5. The van der Waals surface area contributed by atoms with Crippen LogP contribution in [0.25, 0.3) is 38.6 Å². The van der Waals surface area contributed by atoms with E-state index in [9.17, 15) is 4.79 Å². The molecule has 6 rings (SSSR count). The van der Waals surface area contributed by atoms with Crippen molar-refractivity contribution in [3.05, 3.63) is 59.5 Å². The largest absolute Gasteiger partial charge is 0.493 e. The van der Waals surface area contributed by atoms with Crippen molar-refractivity contribution >= 4 is 33.5 Å². The van der Waals surface area contributed by atoms with Gasteiger partial charge < -0.3 is 19.4 Å². The van der Waals surface area contributed by atoms with Gasteiger partial charge in [0.1, 0.15) is 11.9 Å². The Morgan fingerprint density at radius 3 is 2.54 bits per heavy atom. The van der Waals surface area contributed by atoms with E-state index in [4.69, 9.17) is 9.47 Å². The molecule has 1 saturated heterocycles. The number of carbonyl (C=O) groups is 1. The number of likely N-dealkylation sites (tertiary alicyclic amines) is 1. The Hall–Kier alpha value is -4.07. The predicted octanol–water partition coefficient (Wildman–Crippen LogP) is 6.77. The van der Waals surface area contributed by atoms with Gasteiger partial charge in [0.2, 0.25) is 0 Å². The maximum absolute atomic E-state index is 12.5. The summed E-state index contributed by atoms with van der Waals surface area (Å²) in [6.07, 6.45) is 5.20. The Labute approximate surface area is 227 Å². The molecule has 0 aliphatic carbocycles. The highest BCUT2D eigenvalue weighted by atomic mass is 16.6. The number of benzene rings is 2. The highest BCUT2D eigenvalue weighted by Crippen LogP contribution is 2.39. The molecule has 8 heteroatoms. The van der Waals surface area contributed by atoms with E-state index in [0.29, 0.717) is 30.4 Å². The van der Waals surface area contributed by atoms with Crippen LogP contribution in [0.1, 0.15) is 56.2 Å². The molecule has 1 fully saturated rings. The van der Waals surface area contributed by atoms with Gasteiger partial charge in [-0.25, -0.2) is 14.3 Å². The van der Waals surface area contributed by atoms with Crippen LogP contribution in [0.5, 0.6) is 5.75 Å². The van der Waals surface area contributed by atoms with Crippen LogP contribution < -0.4 is 4.74 Å². The smallest absolute Gasteiger partial charge is 0.410 e. The van der Waals surface area contributed by atoms with E-state index in [-0.39, 0.29) is 6.09 Å². The molecule has 5 aromatic rings. The molecule has 1 aliphatic heterocycles. The summed E-state index contributed by atoms with van der Waals surface area (Å²) in [5.41, 5.74) is 8.44. The van der Waals surface area contributed by atoms with E-state index in [1.165, 1.54) is 27.5 Å². The second-order valence-electron chi connectivity index (χ2n) is 11.6. The zero-order chi connectivity index (χ0) is 27.5. The van der Waals surface area contributed by atoms with Crippen LogP contribution in [0.4, 0.5) is 4.79 Å². The van der Waals surface area contributed by atoms with Gasteiger partial charge in [0.25, 0.3) is 0 Å². The lowest BCUT2D eigenvalue weighted by Crippen LogP contribution is -2.41. The number of hydrogen-bond donors (Lipinski definition) is 1. The number of H-pyrrole nitrogens is 1. The fourth-order valence-electron chi connectivity index (χ4n) is 5.85. The fourth-order valence-corrected chi connectivity index (χ4v) is 5.85. The topological polar surface area (TPSA) is 84.8 Å². The minimum absolute atomic E-state index is 0.212. The molecule has 0 bridgehead atoms. The van der Waals surface area contributed by atoms with Crippen LogP contribution >= 0.6 is 0 Å². The Bertz CT molecular complexity index is 1720. The minimum Gasteiger partial charge on any atom is -0.493 e. The number of aryl methyl sites for hydroxylation is 1. The number of aromatic nitrogens is 4. The number of aromatic amines is 1. The number of carbonyl (C=O) groups excluding carboxylic acids is 1. The monoisotopic (exact) mass is 525 g/mol. The Morgan fingerprint density at radius 1 is 1.05 bits per heavy atom. The number of hydrogen-bond acceptors (Lipinski definition) is 5. The predicted molar refractivity (Wildman–Crippen MR) is 154 cm³/mol. The van der Waals surface area contributed by atoms with Crippen LogP contribution in [0.15, 0.2) is 42.9 Å². The van der Waals surface area contributed by atoms with E-state index >= 15 is 0 Å². The number of amides is 1. The number of ether oxygens (including phenoxy) is 2. The molecular formula is C31H35N5O3. The van der Waals surface area contributed by atoms with E-state index < -0.39 is 5.60 Å². The highest BCUT2D eigenvalue weighted by molar-refractivity contribution is 6.11. The maximum Gasteiger partial charge on any atom is 0.410 e. The highest BCUT2D eigenvalue weighted by Gasteiger charge is 2.28. The summed E-state index contributed by atoms with van der Waals surface area (Å²) >= 11 is 0. The zero-order valence-corrected chi connectivity index (χ0v) is 23.5. The van der Waals surface area contributed by atoms with Gasteiger partial charge >= 0.3 is 6.09 Å². The number of methoxy groups -OCH3 is 1. The van der Waals surface area contributed by atoms with Crippen molar-refractivity contribution in [3.63, 3.8) is 0 Å². The third-order valence-corrected chi connectivity index (χ3v) is 7.97. The number of piperidine rings is 1. The molecule has 0 unspecified atom stereocenters. The molecule has 4 heterocycles. The first kappa shape index (κ1) is 25.2. The standard InChI is InChI=1S/C31H35N5O3/c1-18-19(2)28-24-13-21(20-9-11-35(12-10-20)30(37)39-31(3,4)5)7-8-25(24)34-26(28)15-23(18)22-14-27(38-6)29-32-17-33-36(29)16-22/h7-8,13-17,20,34H,9-12H2,1-6H3. The molecule has 0 saturated carbocycles. The fraction of sp³-hybridized carbons (Fsp3) is 0.387. The van der Waals surface area contributed by atoms with Gasteiger partial charge in [-0.3, -0.25) is 0 Å². The van der Waals surface area contributed by atoms with Gasteiger partial charge in [0.15, 0.2) is 11.4 Å². The van der Waals surface area contributed by atoms with Crippen molar-refractivity contribution in [2.24, 2.45) is 0 Å². The number of rotatable bonds is 3. The SMILES string of the molecule is COc1cc(-c2cc3[nH]c4ccc(C5CCN(C(=O)OC(C)(C)C)CC5)cc4c3c(C)c2C)cn2ncnc12. The molecule has 0 atom stereocenters. The summed E-state index contributed by atoms with van der Waals surface area (Å²) in [5.74, 6) is 1.11. The van der Waals surface area contributed by atoms with Gasteiger partial charge in [0.05, 0.1) is 7.11 Å². The molecular weight excluding hydrogens is 490 g/mol. The summed E-state index contributed by atoms with van der Waals surface area (Å²) in [5, 5.41) is 6.84. The molecule has 1 aliphatic rings. The van der Waals surface area contributed by atoms with Crippen LogP contribution in [0.2, 0.25) is 0 Å². The second-order valence-corrected chi connectivity index (χ2v) is 11.6. The van der Waals surface area contributed by atoms with Gasteiger partial charge in [0, 0.05) is 46.7 Å². The first-order chi connectivity index (χ1) is 18.6. The van der Waals surface area contributed by atoms with E-state index in [1.54, 1.807) is 18.0 Å². The Kier molecular flexibility index (Phi) is 6.01. The molecule has 3 aromatic heterocycles. The van der Waals surface area contributed by atoms with Gasteiger partial charge in [-0.1, -0.05) is 6.07 Å². The first-order valence-electron chi connectivity index (χ1n) is 13.5. The van der Waals surface area contributed by atoms with E-state index in [0.717, 1.165) is 35.0 Å². The quantitative estimate of drug-likeness (QED) is 0.281. The van der Waals surface area contributed by atoms with Crippen molar-refractivity contribution < 1.29 is 14.3 Å². The lowest BCUT2D eigenvalue weighted by Gasteiger charge is -2.33. The average molecular weight is 526 g/mol. The molecule has 0 radical (unpaired) electrons. The summed E-state index contributed by atoms with van der Waals surface area (Å²) in [7, 11) is 1.66. The summed E-state index contributed by atoms with van der Waals surface area (Å²) < 4.78 is 12.9.